The fourth-order valence-corrected chi connectivity index (χ4v) is 1.46. The van der Waals surface area contributed by atoms with Gasteiger partial charge in [-0.15, -0.1) is 11.1 Å². The standard InChI is InChI=1S/C5H12BrClOSi/c1-9(2,7)8-5-3-4-6/h3-5H2,1-2H3. The fraction of sp³-hybridized carbons (Fsp3) is 1.00. The van der Waals surface area contributed by atoms with Crippen LogP contribution in [0.4, 0.5) is 0 Å². The van der Waals surface area contributed by atoms with Gasteiger partial charge in [0.25, 0.3) is 7.63 Å². The molecule has 0 unspecified atom stereocenters. The monoisotopic (exact) mass is 230 g/mol. The summed E-state index contributed by atoms with van der Waals surface area (Å²) in [5.74, 6) is 0. The van der Waals surface area contributed by atoms with Gasteiger partial charge in [-0.3, -0.25) is 0 Å². The Kier molecular flexibility index (Phi) is 5.21. The van der Waals surface area contributed by atoms with E-state index in [4.69, 9.17) is 15.5 Å². The van der Waals surface area contributed by atoms with Gasteiger partial charge in [0.2, 0.25) is 0 Å². The van der Waals surface area contributed by atoms with E-state index in [1.165, 1.54) is 0 Å². The lowest BCUT2D eigenvalue weighted by Gasteiger charge is -2.12. The quantitative estimate of drug-likeness (QED) is 0.313. The third-order valence-electron chi connectivity index (χ3n) is 0.723. The van der Waals surface area contributed by atoms with Gasteiger partial charge >= 0.3 is 0 Å². The largest absolute Gasteiger partial charge is 0.403 e. The third kappa shape index (κ3) is 8.95. The van der Waals surface area contributed by atoms with Crippen molar-refractivity contribution in [2.24, 2.45) is 0 Å². The van der Waals surface area contributed by atoms with Crippen molar-refractivity contribution in [1.82, 2.24) is 0 Å². The summed E-state index contributed by atoms with van der Waals surface area (Å²) >= 11 is 9.18. The molecule has 9 heavy (non-hydrogen) atoms. The molecule has 0 aliphatic carbocycles. The summed E-state index contributed by atoms with van der Waals surface area (Å²) in [6.07, 6.45) is 1.04. The average Bonchev–Trinajstić information content (AvgIpc) is 1.63. The summed E-state index contributed by atoms with van der Waals surface area (Å²) in [5, 5.41) is 0.994. The van der Waals surface area contributed by atoms with Crippen molar-refractivity contribution in [3.8, 4) is 0 Å². The molecule has 0 atom stereocenters. The van der Waals surface area contributed by atoms with Crippen LogP contribution in [0.5, 0.6) is 0 Å². The second kappa shape index (κ2) is 4.72. The van der Waals surface area contributed by atoms with Crippen LogP contribution < -0.4 is 0 Å². The average molecular weight is 232 g/mol. The van der Waals surface area contributed by atoms with Crippen molar-refractivity contribution < 1.29 is 4.43 Å². The van der Waals surface area contributed by atoms with E-state index in [2.05, 4.69) is 15.9 Å². The minimum absolute atomic E-state index is 0.786. The molecule has 0 rings (SSSR count). The molecule has 0 amide bonds. The second-order valence-corrected chi connectivity index (χ2v) is 8.79. The van der Waals surface area contributed by atoms with Gasteiger partial charge in [-0.2, -0.15) is 0 Å². The van der Waals surface area contributed by atoms with Crippen LogP contribution >= 0.6 is 27.0 Å². The van der Waals surface area contributed by atoms with Crippen molar-refractivity contribution in [1.29, 1.82) is 0 Å². The van der Waals surface area contributed by atoms with Crippen molar-refractivity contribution in [3.63, 3.8) is 0 Å². The van der Waals surface area contributed by atoms with Crippen LogP contribution in [0.15, 0.2) is 0 Å². The first kappa shape index (κ1) is 9.95. The summed E-state index contributed by atoms with van der Waals surface area (Å²) < 4.78 is 5.34. The van der Waals surface area contributed by atoms with Gasteiger partial charge in [-0.05, 0) is 19.5 Å². The molecule has 0 radical (unpaired) electrons. The first-order chi connectivity index (χ1) is 4.06. The lowest BCUT2D eigenvalue weighted by molar-refractivity contribution is 0.322. The summed E-state index contributed by atoms with van der Waals surface area (Å²) in [6, 6.07) is 0. The van der Waals surface area contributed by atoms with Gasteiger partial charge in [0.15, 0.2) is 0 Å². The summed E-state index contributed by atoms with van der Waals surface area (Å²) in [5.41, 5.74) is 0. The van der Waals surface area contributed by atoms with E-state index < -0.39 is 7.63 Å². The van der Waals surface area contributed by atoms with Gasteiger partial charge in [0.05, 0.1) is 0 Å². The van der Waals surface area contributed by atoms with E-state index in [0.29, 0.717) is 0 Å². The molecular formula is C5H12BrClOSi. The molecule has 0 aromatic carbocycles. The zero-order chi connectivity index (χ0) is 7.33. The molecular weight excluding hydrogens is 219 g/mol. The number of hydrogen-bond acceptors (Lipinski definition) is 1. The first-order valence-electron chi connectivity index (χ1n) is 2.95. The Morgan fingerprint density at radius 2 is 2.11 bits per heavy atom. The number of hydrogen-bond donors (Lipinski definition) is 0. The molecule has 56 valence electrons. The fourth-order valence-electron chi connectivity index (χ4n) is 0.369. The highest BCUT2D eigenvalue weighted by Gasteiger charge is 2.16. The van der Waals surface area contributed by atoms with Gasteiger partial charge in [0, 0.05) is 11.9 Å². The zero-order valence-corrected chi connectivity index (χ0v) is 9.13. The van der Waals surface area contributed by atoms with Crippen LogP contribution in [0.25, 0.3) is 0 Å². The van der Waals surface area contributed by atoms with E-state index in [1.54, 1.807) is 0 Å². The highest BCUT2D eigenvalue weighted by Crippen LogP contribution is 2.09. The minimum Gasteiger partial charge on any atom is -0.403 e. The molecule has 0 saturated carbocycles. The normalized spacial score (nSPS) is 12.0. The Bertz CT molecular complexity index is 73.8. The maximum absolute atomic E-state index is 5.87. The Balaban J connectivity index is 3.07. The van der Waals surface area contributed by atoms with E-state index in [-0.39, 0.29) is 0 Å². The van der Waals surface area contributed by atoms with Crippen molar-refractivity contribution in [3.05, 3.63) is 0 Å². The molecule has 0 aliphatic heterocycles. The van der Waals surface area contributed by atoms with E-state index >= 15 is 0 Å². The zero-order valence-electron chi connectivity index (χ0n) is 5.79. The highest BCUT2D eigenvalue weighted by atomic mass is 79.9. The second-order valence-electron chi connectivity index (χ2n) is 2.25. The number of halogens is 2. The van der Waals surface area contributed by atoms with Crippen LogP contribution in [-0.2, 0) is 4.43 Å². The van der Waals surface area contributed by atoms with Crippen molar-refractivity contribution >= 4 is 34.6 Å². The molecule has 0 fully saturated rings. The summed E-state index contributed by atoms with van der Waals surface area (Å²) in [6.45, 7) is 4.74. The molecule has 0 aromatic heterocycles. The molecule has 0 aromatic rings. The maximum atomic E-state index is 5.87. The minimum atomic E-state index is -1.74. The topological polar surface area (TPSA) is 9.23 Å². The van der Waals surface area contributed by atoms with E-state index in [1.807, 2.05) is 13.1 Å². The SMILES string of the molecule is C[Si](C)(Cl)OCCCBr. The maximum Gasteiger partial charge on any atom is 0.283 e. The third-order valence-corrected chi connectivity index (χ3v) is 2.50. The molecule has 0 aliphatic rings. The predicted octanol–water partition coefficient (Wildman–Crippen LogP) is 2.73. The Morgan fingerprint density at radius 3 is 2.44 bits per heavy atom. The number of rotatable bonds is 4. The van der Waals surface area contributed by atoms with Crippen molar-refractivity contribution in [2.75, 3.05) is 11.9 Å². The van der Waals surface area contributed by atoms with E-state index in [0.717, 1.165) is 18.4 Å². The van der Waals surface area contributed by atoms with Crippen molar-refractivity contribution in [2.45, 2.75) is 19.5 Å². The van der Waals surface area contributed by atoms with Crippen LogP contribution in [0.2, 0.25) is 13.1 Å². The molecule has 0 spiro atoms. The van der Waals surface area contributed by atoms with Crippen LogP contribution in [0.1, 0.15) is 6.42 Å². The lowest BCUT2D eigenvalue weighted by Crippen LogP contribution is -2.22. The molecule has 1 nitrogen and oxygen atoms in total. The highest BCUT2D eigenvalue weighted by molar-refractivity contribution is 9.09. The van der Waals surface area contributed by atoms with E-state index in [9.17, 15) is 0 Å². The first-order valence-corrected chi connectivity index (χ1v) is 7.99. The predicted molar refractivity (Wildman–Crippen MR) is 47.7 cm³/mol. The lowest BCUT2D eigenvalue weighted by atomic mass is 10.5. The Morgan fingerprint density at radius 1 is 1.56 bits per heavy atom. The van der Waals surface area contributed by atoms with Crippen LogP contribution in [0, 0.1) is 0 Å². The molecule has 0 saturated heterocycles. The summed E-state index contributed by atoms with van der Waals surface area (Å²) in [4.78, 5) is 0. The van der Waals surface area contributed by atoms with Crippen LogP contribution in [0.3, 0.4) is 0 Å². The van der Waals surface area contributed by atoms with Gasteiger partial charge in [0.1, 0.15) is 0 Å². The van der Waals surface area contributed by atoms with Gasteiger partial charge in [-0.1, -0.05) is 15.9 Å². The smallest absolute Gasteiger partial charge is 0.283 e. The molecule has 4 heteroatoms. The molecule has 0 bridgehead atoms. The Labute approximate surface area is 70.7 Å². The van der Waals surface area contributed by atoms with Crippen LogP contribution in [-0.4, -0.2) is 19.6 Å². The van der Waals surface area contributed by atoms with Gasteiger partial charge in [-0.25, -0.2) is 0 Å². The molecule has 0 heterocycles. The number of alkyl halides is 1. The summed E-state index contributed by atoms with van der Waals surface area (Å²) in [7, 11) is -1.74. The molecule has 0 N–H and O–H groups in total. The Hall–Kier alpha value is 0.947. The van der Waals surface area contributed by atoms with Gasteiger partial charge < -0.3 is 4.43 Å².